The van der Waals surface area contributed by atoms with Gasteiger partial charge in [-0.2, -0.15) is 0 Å². The Bertz CT molecular complexity index is 723. The van der Waals surface area contributed by atoms with Gasteiger partial charge in [0.05, 0.1) is 12.8 Å². The molecular weight excluding hydrogens is 310 g/mol. The molecule has 0 saturated carbocycles. The molecule has 0 aliphatic rings. The molecule has 1 heterocycles. The molecule has 0 amide bonds. The lowest BCUT2D eigenvalue weighted by molar-refractivity contribution is 0.306. The first kappa shape index (κ1) is 15.7. The van der Waals surface area contributed by atoms with Crippen LogP contribution in [0, 0.1) is 0 Å². The van der Waals surface area contributed by atoms with Gasteiger partial charge in [0.25, 0.3) is 0 Å². The summed E-state index contributed by atoms with van der Waals surface area (Å²) in [5.74, 6) is 1.79. The second-order valence-corrected chi connectivity index (χ2v) is 5.68. The number of benzene rings is 2. The Hall–Kier alpha value is -2.23. The molecule has 1 N–H and O–H groups in total. The van der Waals surface area contributed by atoms with Gasteiger partial charge in [-0.1, -0.05) is 35.9 Å². The normalized spacial score (nSPS) is 10.7. The van der Waals surface area contributed by atoms with Gasteiger partial charge in [-0.25, -0.2) is 0 Å². The third-order valence-corrected chi connectivity index (χ3v) is 3.68. The van der Waals surface area contributed by atoms with Crippen molar-refractivity contribution < 1.29 is 9.15 Å². The number of ether oxygens (including phenoxy) is 1. The van der Waals surface area contributed by atoms with E-state index in [0.29, 0.717) is 13.2 Å². The summed E-state index contributed by atoms with van der Waals surface area (Å²) >= 11 is 5.88. The molecule has 3 aromatic rings. The number of hydrogen-bond acceptors (Lipinski definition) is 3. The molecule has 23 heavy (non-hydrogen) atoms. The summed E-state index contributed by atoms with van der Waals surface area (Å²) in [6.07, 6.45) is 1.68. The Morgan fingerprint density at radius 1 is 0.913 bits per heavy atom. The molecule has 0 aliphatic carbocycles. The van der Waals surface area contributed by atoms with Crippen LogP contribution < -0.4 is 10.1 Å². The smallest absolute Gasteiger partial charge is 0.120 e. The SMILES string of the molecule is Clc1ccc(COc2cccc(CNCc3ccco3)c2)cc1. The minimum Gasteiger partial charge on any atom is -0.489 e. The van der Waals surface area contributed by atoms with Crippen LogP contribution >= 0.6 is 11.6 Å². The van der Waals surface area contributed by atoms with E-state index >= 15 is 0 Å². The molecular formula is C19H18ClNO2. The van der Waals surface area contributed by atoms with E-state index in [1.54, 1.807) is 6.26 Å². The van der Waals surface area contributed by atoms with E-state index in [9.17, 15) is 0 Å². The third kappa shape index (κ3) is 4.88. The van der Waals surface area contributed by atoms with Crippen LogP contribution in [0.1, 0.15) is 16.9 Å². The highest BCUT2D eigenvalue weighted by Crippen LogP contribution is 2.16. The Kier molecular flexibility index (Phi) is 5.35. The summed E-state index contributed by atoms with van der Waals surface area (Å²) in [6.45, 7) is 2.00. The van der Waals surface area contributed by atoms with Crippen molar-refractivity contribution in [2.45, 2.75) is 19.7 Å². The second-order valence-electron chi connectivity index (χ2n) is 5.25. The quantitative estimate of drug-likeness (QED) is 0.676. The number of halogens is 1. The highest BCUT2D eigenvalue weighted by Gasteiger charge is 2.00. The van der Waals surface area contributed by atoms with E-state index in [2.05, 4.69) is 11.4 Å². The monoisotopic (exact) mass is 327 g/mol. The molecule has 0 unspecified atom stereocenters. The lowest BCUT2D eigenvalue weighted by atomic mass is 10.2. The summed E-state index contributed by atoms with van der Waals surface area (Å²) in [5.41, 5.74) is 2.26. The maximum absolute atomic E-state index is 5.88. The zero-order chi connectivity index (χ0) is 15.9. The largest absolute Gasteiger partial charge is 0.489 e. The van der Waals surface area contributed by atoms with Crippen molar-refractivity contribution in [3.05, 3.63) is 88.8 Å². The summed E-state index contributed by atoms with van der Waals surface area (Å²) < 4.78 is 11.1. The van der Waals surface area contributed by atoms with Crippen molar-refractivity contribution in [3.63, 3.8) is 0 Å². The van der Waals surface area contributed by atoms with Crippen LogP contribution in [0.25, 0.3) is 0 Å². The standard InChI is InChI=1S/C19H18ClNO2/c20-17-8-6-15(7-9-17)14-23-18-4-1-3-16(11-18)12-21-13-19-5-2-10-22-19/h1-11,21H,12-14H2. The Labute approximate surface area is 140 Å². The van der Waals surface area contributed by atoms with Crippen LogP contribution in [-0.4, -0.2) is 0 Å². The van der Waals surface area contributed by atoms with Gasteiger partial charge < -0.3 is 14.5 Å². The predicted octanol–water partition coefficient (Wildman–Crippen LogP) is 4.80. The van der Waals surface area contributed by atoms with E-state index in [1.165, 1.54) is 5.56 Å². The van der Waals surface area contributed by atoms with E-state index in [4.69, 9.17) is 20.8 Å². The molecule has 0 bridgehead atoms. The molecule has 0 saturated heterocycles. The van der Waals surface area contributed by atoms with Crippen LogP contribution in [-0.2, 0) is 19.7 Å². The lowest BCUT2D eigenvalue weighted by Crippen LogP contribution is -2.12. The van der Waals surface area contributed by atoms with Crippen LogP contribution in [0.3, 0.4) is 0 Å². The van der Waals surface area contributed by atoms with Crippen molar-refractivity contribution in [1.82, 2.24) is 5.32 Å². The number of hydrogen-bond donors (Lipinski definition) is 1. The van der Waals surface area contributed by atoms with Crippen molar-refractivity contribution in [2.75, 3.05) is 0 Å². The van der Waals surface area contributed by atoms with Gasteiger partial charge in [-0.3, -0.25) is 0 Å². The summed E-state index contributed by atoms with van der Waals surface area (Å²) in [5, 5.41) is 4.08. The van der Waals surface area contributed by atoms with E-state index in [-0.39, 0.29) is 0 Å². The molecule has 0 aliphatic heterocycles. The number of nitrogens with one attached hydrogen (secondary N) is 1. The molecule has 3 rings (SSSR count). The third-order valence-electron chi connectivity index (χ3n) is 3.43. The van der Waals surface area contributed by atoms with Gasteiger partial charge in [-0.05, 0) is 47.5 Å². The second kappa shape index (κ2) is 7.86. The molecule has 0 radical (unpaired) electrons. The van der Waals surface area contributed by atoms with Crippen LogP contribution in [0.15, 0.2) is 71.3 Å². The first-order valence-corrected chi connectivity index (χ1v) is 7.87. The maximum atomic E-state index is 5.88. The molecule has 3 nitrogen and oxygen atoms in total. The van der Waals surface area contributed by atoms with Crippen molar-refractivity contribution >= 4 is 11.6 Å². The lowest BCUT2D eigenvalue weighted by Gasteiger charge is -2.09. The van der Waals surface area contributed by atoms with Gasteiger partial charge in [0, 0.05) is 11.6 Å². The topological polar surface area (TPSA) is 34.4 Å². The van der Waals surface area contributed by atoms with Crippen LogP contribution in [0.5, 0.6) is 5.75 Å². The zero-order valence-electron chi connectivity index (χ0n) is 12.7. The van der Waals surface area contributed by atoms with Gasteiger partial charge >= 0.3 is 0 Å². The van der Waals surface area contributed by atoms with E-state index < -0.39 is 0 Å². The van der Waals surface area contributed by atoms with Gasteiger partial charge in [0.2, 0.25) is 0 Å². The van der Waals surface area contributed by atoms with Gasteiger partial charge in [-0.15, -0.1) is 0 Å². The number of rotatable bonds is 7. The van der Waals surface area contributed by atoms with Crippen molar-refractivity contribution in [3.8, 4) is 5.75 Å². The van der Waals surface area contributed by atoms with E-state index in [1.807, 2.05) is 54.6 Å². The summed E-state index contributed by atoms with van der Waals surface area (Å²) in [4.78, 5) is 0. The Morgan fingerprint density at radius 3 is 2.57 bits per heavy atom. The molecule has 2 aromatic carbocycles. The van der Waals surface area contributed by atoms with Gasteiger partial charge in [0.1, 0.15) is 18.1 Å². The highest BCUT2D eigenvalue weighted by molar-refractivity contribution is 6.30. The zero-order valence-corrected chi connectivity index (χ0v) is 13.4. The van der Waals surface area contributed by atoms with Crippen LogP contribution in [0.4, 0.5) is 0 Å². The fraction of sp³-hybridized carbons (Fsp3) is 0.158. The minimum atomic E-state index is 0.528. The summed E-state index contributed by atoms with van der Waals surface area (Å²) in [7, 11) is 0. The molecule has 4 heteroatoms. The Balaban J connectivity index is 1.51. The molecule has 0 atom stereocenters. The summed E-state index contributed by atoms with van der Waals surface area (Å²) in [6, 6.07) is 19.6. The van der Waals surface area contributed by atoms with Crippen molar-refractivity contribution in [1.29, 1.82) is 0 Å². The fourth-order valence-corrected chi connectivity index (χ4v) is 2.36. The Morgan fingerprint density at radius 2 is 1.78 bits per heavy atom. The van der Waals surface area contributed by atoms with Gasteiger partial charge in [0.15, 0.2) is 0 Å². The molecule has 118 valence electrons. The maximum Gasteiger partial charge on any atom is 0.120 e. The predicted molar refractivity (Wildman–Crippen MR) is 91.5 cm³/mol. The molecule has 0 spiro atoms. The number of furan rings is 1. The average molecular weight is 328 g/mol. The minimum absolute atomic E-state index is 0.528. The molecule has 0 fully saturated rings. The van der Waals surface area contributed by atoms with E-state index in [0.717, 1.165) is 28.6 Å². The van der Waals surface area contributed by atoms with Crippen molar-refractivity contribution in [2.24, 2.45) is 0 Å². The van der Waals surface area contributed by atoms with Crippen LogP contribution in [0.2, 0.25) is 5.02 Å². The first-order valence-electron chi connectivity index (χ1n) is 7.49. The average Bonchev–Trinajstić information content (AvgIpc) is 3.08. The fourth-order valence-electron chi connectivity index (χ4n) is 2.24. The molecule has 1 aromatic heterocycles. The highest BCUT2D eigenvalue weighted by atomic mass is 35.5. The first-order chi connectivity index (χ1) is 11.3.